The molecule has 0 fully saturated rings. The number of nitro benzene ring substituents is 1. The number of benzene rings is 2. The van der Waals surface area contributed by atoms with Gasteiger partial charge in [0.15, 0.2) is 5.69 Å². The second kappa shape index (κ2) is 8.22. The Balaban J connectivity index is 1.99. The zero-order chi connectivity index (χ0) is 22.9. The molecule has 2 aromatic carbocycles. The van der Waals surface area contributed by atoms with Gasteiger partial charge in [-0.25, -0.2) is 0 Å². The summed E-state index contributed by atoms with van der Waals surface area (Å²) in [5.74, 6) is -0.0442. The van der Waals surface area contributed by atoms with Crippen LogP contribution >= 0.6 is 0 Å². The third-order valence-electron chi connectivity index (χ3n) is 4.52. The predicted molar refractivity (Wildman–Crippen MR) is 109 cm³/mol. The van der Waals surface area contributed by atoms with Gasteiger partial charge in [-0.05, 0) is 40.2 Å². The fourth-order valence-corrected chi connectivity index (χ4v) is 3.76. The van der Waals surface area contributed by atoms with E-state index in [0.29, 0.717) is 5.69 Å². The van der Waals surface area contributed by atoms with Crippen molar-refractivity contribution < 1.29 is 27.8 Å². The van der Waals surface area contributed by atoms with Crippen molar-refractivity contribution in [3.8, 4) is 22.8 Å². The van der Waals surface area contributed by atoms with E-state index < -0.39 is 21.6 Å². The first-order chi connectivity index (χ1) is 15.3. The van der Waals surface area contributed by atoms with Crippen LogP contribution < -0.4 is 4.80 Å². The highest BCUT2D eigenvalue weighted by molar-refractivity contribution is 7.86. The lowest BCUT2D eigenvalue weighted by atomic mass is 10.1. The van der Waals surface area contributed by atoms with Crippen LogP contribution in [0.2, 0.25) is 0 Å². The number of non-ortho nitro benzene ring substituents is 1. The lowest BCUT2D eigenvalue weighted by Crippen LogP contribution is -2.44. The molecular formula is C19H15N6O6S+. The van der Waals surface area contributed by atoms with E-state index in [1.165, 1.54) is 58.4 Å². The van der Waals surface area contributed by atoms with Gasteiger partial charge in [-0.15, -0.1) is 0 Å². The molecule has 0 saturated heterocycles. The van der Waals surface area contributed by atoms with Crippen molar-refractivity contribution in [1.29, 1.82) is 0 Å². The van der Waals surface area contributed by atoms with Gasteiger partial charge in [0.2, 0.25) is 0 Å². The molecule has 2 heterocycles. The Morgan fingerprint density at radius 2 is 1.81 bits per heavy atom. The standard InChI is InChI=1S/C19H14N6O6S/c26-12-13-11-15(25(27)28)5-6-17(13)24-22-19(21-23(24)14-7-9-20-10-8-14)16-3-1-2-4-18(16)32(29,30)31/h1-11,26H,12H2/p+1. The summed E-state index contributed by atoms with van der Waals surface area (Å²) in [7, 11) is -4.57. The minimum atomic E-state index is -4.57. The van der Waals surface area contributed by atoms with Gasteiger partial charge in [-0.2, -0.15) is 8.42 Å². The first-order valence-electron chi connectivity index (χ1n) is 9.05. The molecule has 0 spiro atoms. The number of nitrogens with zero attached hydrogens (tertiary/aromatic N) is 6. The minimum Gasteiger partial charge on any atom is -0.392 e. The van der Waals surface area contributed by atoms with E-state index in [-0.39, 0.29) is 33.2 Å². The third-order valence-corrected chi connectivity index (χ3v) is 5.43. The molecule has 2 N–H and O–H groups in total. The molecule has 0 saturated carbocycles. The monoisotopic (exact) mass is 455 g/mol. The maximum atomic E-state index is 11.8. The summed E-state index contributed by atoms with van der Waals surface area (Å²) >= 11 is 0. The Hall–Kier alpha value is -4.07. The molecule has 0 amide bonds. The molecule has 0 bridgehead atoms. The number of hydrogen-bond donors (Lipinski definition) is 2. The van der Waals surface area contributed by atoms with Gasteiger partial charge >= 0.3 is 5.82 Å². The van der Waals surface area contributed by atoms with Gasteiger partial charge in [0, 0.05) is 34.9 Å². The Kier molecular flexibility index (Phi) is 5.44. The molecule has 162 valence electrons. The van der Waals surface area contributed by atoms with E-state index in [9.17, 15) is 28.2 Å². The smallest absolute Gasteiger partial charge is 0.341 e. The maximum absolute atomic E-state index is 11.8. The molecule has 0 aliphatic heterocycles. The van der Waals surface area contributed by atoms with Crippen molar-refractivity contribution in [2.75, 3.05) is 0 Å². The first kappa shape index (κ1) is 21.2. The third kappa shape index (κ3) is 3.94. The first-order valence-corrected chi connectivity index (χ1v) is 10.5. The molecule has 0 aliphatic carbocycles. The zero-order valence-corrected chi connectivity index (χ0v) is 17.0. The van der Waals surface area contributed by atoms with Gasteiger partial charge in [-0.3, -0.25) is 19.7 Å². The number of pyridine rings is 1. The molecule has 0 aliphatic rings. The summed E-state index contributed by atoms with van der Waals surface area (Å²) in [6.45, 7) is -0.524. The predicted octanol–water partition coefficient (Wildman–Crippen LogP) is 1.25. The highest BCUT2D eigenvalue weighted by Crippen LogP contribution is 2.25. The largest absolute Gasteiger partial charge is 0.392 e. The fraction of sp³-hybridized carbons (Fsp3) is 0.0526. The number of rotatable bonds is 6. The van der Waals surface area contributed by atoms with Crippen LogP contribution in [0, 0.1) is 10.1 Å². The molecule has 4 aromatic rings. The number of hydrogen-bond acceptors (Lipinski definition) is 8. The molecule has 32 heavy (non-hydrogen) atoms. The highest BCUT2D eigenvalue weighted by Gasteiger charge is 2.29. The number of aliphatic hydroxyl groups is 1. The van der Waals surface area contributed by atoms with Crippen LogP contribution in [0.3, 0.4) is 0 Å². The number of tetrazole rings is 1. The van der Waals surface area contributed by atoms with Crippen molar-refractivity contribution in [1.82, 2.24) is 20.0 Å². The molecule has 0 radical (unpaired) electrons. The zero-order valence-electron chi connectivity index (χ0n) is 16.2. The molecule has 13 heteroatoms. The van der Waals surface area contributed by atoms with Gasteiger partial charge in [-0.1, -0.05) is 12.1 Å². The second-order valence-electron chi connectivity index (χ2n) is 6.51. The van der Waals surface area contributed by atoms with Crippen molar-refractivity contribution in [2.24, 2.45) is 0 Å². The van der Waals surface area contributed by atoms with Crippen molar-refractivity contribution in [3.63, 3.8) is 0 Å². The number of aliphatic hydroxyl groups excluding tert-OH is 1. The number of aromatic nitrogens is 5. The van der Waals surface area contributed by atoms with Crippen LogP contribution in [-0.2, 0) is 16.7 Å². The Morgan fingerprint density at radius 1 is 1.09 bits per heavy atom. The topological polar surface area (TPSA) is 165 Å². The van der Waals surface area contributed by atoms with Gasteiger partial charge in [0.05, 0.1) is 22.2 Å². The van der Waals surface area contributed by atoms with E-state index in [1.807, 2.05) is 0 Å². The average molecular weight is 455 g/mol. The molecule has 12 nitrogen and oxygen atoms in total. The minimum absolute atomic E-state index is 0.0442. The maximum Gasteiger partial charge on any atom is 0.341 e. The molecule has 0 atom stereocenters. The molecule has 0 unspecified atom stereocenters. The van der Waals surface area contributed by atoms with E-state index in [4.69, 9.17) is 0 Å². The quantitative estimate of drug-likeness (QED) is 0.188. The van der Waals surface area contributed by atoms with Crippen molar-refractivity contribution in [2.45, 2.75) is 11.5 Å². The van der Waals surface area contributed by atoms with E-state index in [2.05, 4.69) is 15.2 Å². The molecular weight excluding hydrogens is 440 g/mol. The fourth-order valence-electron chi connectivity index (χ4n) is 3.08. The average Bonchev–Trinajstić information content (AvgIpc) is 3.23. The summed E-state index contributed by atoms with van der Waals surface area (Å²) in [6.07, 6.45) is 3.02. The normalized spacial score (nSPS) is 11.4. The van der Waals surface area contributed by atoms with E-state index >= 15 is 0 Å². The molecule has 4 rings (SSSR count). The molecule has 2 aromatic heterocycles. The van der Waals surface area contributed by atoms with Crippen molar-refractivity contribution in [3.05, 3.63) is 82.7 Å². The van der Waals surface area contributed by atoms with Crippen LogP contribution in [0.5, 0.6) is 0 Å². The van der Waals surface area contributed by atoms with Crippen LogP contribution in [0.15, 0.2) is 71.9 Å². The summed E-state index contributed by atoms with van der Waals surface area (Å²) in [5, 5.41) is 29.7. The lowest BCUT2D eigenvalue weighted by molar-refractivity contribution is -0.735. The van der Waals surface area contributed by atoms with Crippen LogP contribution in [0.1, 0.15) is 5.56 Å². The van der Waals surface area contributed by atoms with Gasteiger partial charge < -0.3 is 5.11 Å². The summed E-state index contributed by atoms with van der Waals surface area (Å²) in [6, 6.07) is 12.7. The Morgan fingerprint density at radius 3 is 2.47 bits per heavy atom. The number of nitro groups is 1. The van der Waals surface area contributed by atoms with E-state index in [1.54, 1.807) is 18.2 Å². The van der Waals surface area contributed by atoms with Crippen molar-refractivity contribution >= 4 is 15.8 Å². The highest BCUT2D eigenvalue weighted by atomic mass is 32.2. The summed E-state index contributed by atoms with van der Waals surface area (Å²) in [4.78, 5) is 16.7. The van der Waals surface area contributed by atoms with E-state index in [0.717, 1.165) is 0 Å². The SMILES string of the molecule is O=[N+]([O-])c1ccc(-[n+]2nc(-c3ccccc3S(=O)(=O)O)nn2-c2ccncc2)c(CO)c1. The summed E-state index contributed by atoms with van der Waals surface area (Å²) < 4.78 is 33.3. The Labute approximate surface area is 180 Å². The second-order valence-corrected chi connectivity index (χ2v) is 7.90. The van der Waals surface area contributed by atoms with Crippen LogP contribution in [0.4, 0.5) is 5.69 Å². The van der Waals surface area contributed by atoms with Crippen LogP contribution in [-0.4, -0.2) is 43.0 Å². The summed E-state index contributed by atoms with van der Waals surface area (Å²) in [5.41, 5.74) is 0.791. The lowest BCUT2D eigenvalue weighted by Gasteiger charge is -2.04. The van der Waals surface area contributed by atoms with Crippen LogP contribution in [0.25, 0.3) is 22.8 Å². The van der Waals surface area contributed by atoms with Gasteiger partial charge in [0.1, 0.15) is 10.6 Å². The Bertz CT molecular complexity index is 1420. The van der Waals surface area contributed by atoms with Gasteiger partial charge in [0.25, 0.3) is 15.8 Å².